The number of anilines is 2. The quantitative estimate of drug-likeness (QED) is 0.651. The molecule has 0 spiro atoms. The summed E-state index contributed by atoms with van der Waals surface area (Å²) in [5, 5.41) is 5.44. The smallest absolute Gasteiger partial charge is 0.256 e. The van der Waals surface area contributed by atoms with Crippen molar-refractivity contribution in [3.63, 3.8) is 0 Å². The SMILES string of the molecule is CCCOc1ccc(N2C(=O)C[C@H](Nc3ccc4ccccc4c3)C2=O)cc1. The van der Waals surface area contributed by atoms with Crippen LogP contribution in [0.15, 0.2) is 66.7 Å². The highest BCUT2D eigenvalue weighted by Crippen LogP contribution is 2.27. The molecule has 3 aromatic carbocycles. The number of benzene rings is 3. The fraction of sp³-hybridized carbons (Fsp3) is 0.217. The predicted molar refractivity (Wildman–Crippen MR) is 111 cm³/mol. The Kier molecular flexibility index (Phi) is 4.98. The molecule has 0 aliphatic carbocycles. The molecule has 0 bridgehead atoms. The second kappa shape index (κ2) is 7.72. The number of nitrogens with zero attached hydrogens (tertiary/aromatic N) is 1. The molecule has 2 amide bonds. The summed E-state index contributed by atoms with van der Waals surface area (Å²) in [4.78, 5) is 26.6. The average Bonchev–Trinajstić information content (AvgIpc) is 3.00. The summed E-state index contributed by atoms with van der Waals surface area (Å²) in [6.07, 6.45) is 1.06. The fourth-order valence-electron chi connectivity index (χ4n) is 3.41. The molecule has 1 N–H and O–H groups in total. The topological polar surface area (TPSA) is 58.6 Å². The zero-order valence-electron chi connectivity index (χ0n) is 15.7. The van der Waals surface area contributed by atoms with E-state index in [2.05, 4.69) is 5.32 Å². The molecule has 1 aliphatic rings. The van der Waals surface area contributed by atoms with Gasteiger partial charge in [0.15, 0.2) is 0 Å². The maximum absolute atomic E-state index is 12.9. The van der Waals surface area contributed by atoms with Crippen molar-refractivity contribution < 1.29 is 14.3 Å². The first kappa shape index (κ1) is 18.0. The highest BCUT2D eigenvalue weighted by molar-refractivity contribution is 6.23. The van der Waals surface area contributed by atoms with E-state index in [9.17, 15) is 9.59 Å². The summed E-state index contributed by atoms with van der Waals surface area (Å²) < 4.78 is 5.56. The summed E-state index contributed by atoms with van der Waals surface area (Å²) in [6.45, 7) is 2.68. The van der Waals surface area contributed by atoms with E-state index < -0.39 is 6.04 Å². The molecule has 0 radical (unpaired) electrons. The van der Waals surface area contributed by atoms with Crippen LogP contribution in [0.1, 0.15) is 19.8 Å². The Morgan fingerprint density at radius 1 is 1.00 bits per heavy atom. The number of ether oxygens (including phenoxy) is 1. The van der Waals surface area contributed by atoms with Crippen LogP contribution >= 0.6 is 0 Å². The van der Waals surface area contributed by atoms with Crippen LogP contribution in [0.2, 0.25) is 0 Å². The lowest BCUT2D eigenvalue weighted by atomic mass is 10.1. The Hall–Kier alpha value is -3.34. The van der Waals surface area contributed by atoms with Crippen LogP contribution in [0.5, 0.6) is 5.75 Å². The van der Waals surface area contributed by atoms with Gasteiger partial charge in [0.05, 0.1) is 18.7 Å². The third kappa shape index (κ3) is 3.56. The molecule has 1 saturated heterocycles. The molecular weight excluding hydrogens is 352 g/mol. The lowest BCUT2D eigenvalue weighted by Gasteiger charge is -2.17. The van der Waals surface area contributed by atoms with Crippen LogP contribution in [0.4, 0.5) is 11.4 Å². The van der Waals surface area contributed by atoms with E-state index >= 15 is 0 Å². The molecule has 5 nitrogen and oxygen atoms in total. The summed E-state index contributed by atoms with van der Waals surface area (Å²) in [7, 11) is 0. The molecule has 142 valence electrons. The monoisotopic (exact) mass is 374 g/mol. The first-order valence-corrected chi connectivity index (χ1v) is 9.50. The minimum Gasteiger partial charge on any atom is -0.494 e. The number of nitrogens with one attached hydrogen (secondary N) is 1. The van der Waals surface area contributed by atoms with Crippen LogP contribution in [0.25, 0.3) is 10.8 Å². The molecule has 1 heterocycles. The maximum atomic E-state index is 12.9. The molecule has 1 atom stereocenters. The van der Waals surface area contributed by atoms with Gasteiger partial charge in [0.2, 0.25) is 5.91 Å². The van der Waals surface area contributed by atoms with Gasteiger partial charge < -0.3 is 10.1 Å². The molecule has 4 rings (SSSR count). The van der Waals surface area contributed by atoms with Gasteiger partial charge in [-0.15, -0.1) is 0 Å². The van der Waals surface area contributed by atoms with Gasteiger partial charge in [-0.3, -0.25) is 9.59 Å². The van der Waals surface area contributed by atoms with Crippen LogP contribution in [-0.4, -0.2) is 24.5 Å². The van der Waals surface area contributed by atoms with Gasteiger partial charge in [-0.2, -0.15) is 0 Å². The van der Waals surface area contributed by atoms with E-state index in [0.717, 1.165) is 28.6 Å². The largest absolute Gasteiger partial charge is 0.494 e. The highest BCUT2D eigenvalue weighted by atomic mass is 16.5. The first-order chi connectivity index (χ1) is 13.7. The number of fused-ring (bicyclic) bond motifs is 1. The second-order valence-corrected chi connectivity index (χ2v) is 6.87. The molecule has 1 aliphatic heterocycles. The van der Waals surface area contributed by atoms with Crippen molar-refractivity contribution in [1.29, 1.82) is 0 Å². The summed E-state index contributed by atoms with van der Waals surface area (Å²) in [5.41, 5.74) is 1.40. The Morgan fingerprint density at radius 3 is 2.50 bits per heavy atom. The number of rotatable bonds is 6. The van der Waals surface area contributed by atoms with Crippen LogP contribution < -0.4 is 15.0 Å². The molecule has 3 aromatic rings. The molecular formula is C23H22N2O3. The molecule has 0 unspecified atom stereocenters. The van der Waals surface area contributed by atoms with Gasteiger partial charge in [-0.05, 0) is 53.6 Å². The normalized spacial score (nSPS) is 16.6. The third-order valence-corrected chi connectivity index (χ3v) is 4.80. The first-order valence-electron chi connectivity index (χ1n) is 9.50. The van der Waals surface area contributed by atoms with Crippen LogP contribution in [0, 0.1) is 0 Å². The fourth-order valence-corrected chi connectivity index (χ4v) is 3.41. The number of carbonyl (C=O) groups excluding carboxylic acids is 2. The maximum Gasteiger partial charge on any atom is 0.256 e. The van der Waals surface area contributed by atoms with Crippen molar-refractivity contribution in [2.45, 2.75) is 25.8 Å². The Morgan fingerprint density at radius 2 is 1.75 bits per heavy atom. The van der Waals surface area contributed by atoms with E-state index in [1.54, 1.807) is 24.3 Å². The summed E-state index contributed by atoms with van der Waals surface area (Å²) in [5.74, 6) is 0.293. The third-order valence-electron chi connectivity index (χ3n) is 4.80. The highest BCUT2D eigenvalue weighted by Gasteiger charge is 2.39. The van der Waals surface area contributed by atoms with Crippen molar-refractivity contribution in [2.24, 2.45) is 0 Å². The number of carbonyl (C=O) groups is 2. The molecule has 1 fully saturated rings. The van der Waals surface area contributed by atoms with Gasteiger partial charge in [0.25, 0.3) is 5.91 Å². The van der Waals surface area contributed by atoms with Crippen LogP contribution in [0.3, 0.4) is 0 Å². The summed E-state index contributed by atoms with van der Waals surface area (Å²) in [6, 6.07) is 20.5. The van der Waals surface area contributed by atoms with E-state index in [4.69, 9.17) is 4.74 Å². The molecule has 28 heavy (non-hydrogen) atoms. The number of hydrogen-bond donors (Lipinski definition) is 1. The molecule has 0 saturated carbocycles. The van der Waals surface area contributed by atoms with Crippen molar-refractivity contribution >= 4 is 34.0 Å². The Balaban J connectivity index is 1.50. The van der Waals surface area contributed by atoms with Gasteiger partial charge in [-0.25, -0.2) is 4.90 Å². The van der Waals surface area contributed by atoms with E-state index in [1.807, 2.05) is 49.4 Å². The summed E-state index contributed by atoms with van der Waals surface area (Å²) >= 11 is 0. The number of hydrogen-bond acceptors (Lipinski definition) is 4. The van der Waals surface area contributed by atoms with Crippen molar-refractivity contribution in [3.8, 4) is 5.75 Å². The molecule has 5 heteroatoms. The van der Waals surface area contributed by atoms with Crippen molar-refractivity contribution in [3.05, 3.63) is 66.7 Å². The lowest BCUT2D eigenvalue weighted by Crippen LogP contribution is -2.34. The second-order valence-electron chi connectivity index (χ2n) is 6.87. The van der Waals surface area contributed by atoms with E-state index in [1.165, 1.54) is 4.90 Å². The number of amides is 2. The average molecular weight is 374 g/mol. The van der Waals surface area contributed by atoms with E-state index in [-0.39, 0.29) is 18.2 Å². The Labute approximate surface area is 163 Å². The van der Waals surface area contributed by atoms with Crippen LogP contribution in [-0.2, 0) is 9.59 Å². The van der Waals surface area contributed by atoms with Crippen molar-refractivity contribution in [1.82, 2.24) is 0 Å². The zero-order valence-corrected chi connectivity index (χ0v) is 15.7. The minimum absolute atomic E-state index is 0.139. The zero-order chi connectivity index (χ0) is 19.5. The lowest BCUT2D eigenvalue weighted by molar-refractivity contribution is -0.121. The standard InChI is InChI=1S/C23H22N2O3/c1-2-13-28-20-11-9-19(10-12-20)25-22(26)15-21(23(25)27)24-18-8-7-16-5-3-4-6-17(16)14-18/h3-12,14,21,24H,2,13,15H2,1H3/t21-/m0/s1. The molecule has 0 aromatic heterocycles. The van der Waals surface area contributed by atoms with Gasteiger partial charge in [-0.1, -0.05) is 37.3 Å². The van der Waals surface area contributed by atoms with Gasteiger partial charge in [0.1, 0.15) is 11.8 Å². The van der Waals surface area contributed by atoms with Gasteiger partial charge >= 0.3 is 0 Å². The van der Waals surface area contributed by atoms with Crippen molar-refractivity contribution in [2.75, 3.05) is 16.8 Å². The van der Waals surface area contributed by atoms with E-state index in [0.29, 0.717) is 12.3 Å². The van der Waals surface area contributed by atoms with Gasteiger partial charge in [0, 0.05) is 5.69 Å². The minimum atomic E-state index is -0.565. The Bertz CT molecular complexity index is 1010. The number of imide groups is 1. The predicted octanol–water partition coefficient (Wildman–Crippen LogP) is 4.37.